The predicted molar refractivity (Wildman–Crippen MR) is 99.9 cm³/mol. The molecule has 122 valence electrons. The van der Waals surface area contributed by atoms with Crippen LogP contribution in [0.4, 0.5) is 5.69 Å². The summed E-state index contributed by atoms with van der Waals surface area (Å²) in [5, 5.41) is 9.64. The second-order valence-corrected chi connectivity index (χ2v) is 6.04. The van der Waals surface area contributed by atoms with Gasteiger partial charge in [-0.2, -0.15) is 10.2 Å². The number of rotatable bonds is 5. The van der Waals surface area contributed by atoms with Crippen molar-refractivity contribution in [2.24, 2.45) is 5.10 Å². The molecule has 0 aliphatic heterocycles. The summed E-state index contributed by atoms with van der Waals surface area (Å²) in [5.41, 5.74) is 8.22. The van der Waals surface area contributed by atoms with Crippen LogP contribution in [-0.4, -0.2) is 16.0 Å². The van der Waals surface area contributed by atoms with E-state index in [-0.39, 0.29) is 0 Å². The van der Waals surface area contributed by atoms with Crippen LogP contribution in [-0.2, 0) is 6.54 Å². The Kier molecular flexibility index (Phi) is 4.96. The largest absolute Gasteiger partial charge is 0.279 e. The molecular weight excluding hydrogens is 320 g/mol. The lowest BCUT2D eigenvalue weighted by Crippen LogP contribution is -2.04. The van der Waals surface area contributed by atoms with E-state index in [0.29, 0.717) is 5.02 Å². The number of nitrogens with one attached hydrogen (secondary N) is 1. The molecule has 1 heterocycles. The predicted octanol–water partition coefficient (Wildman–Crippen LogP) is 4.65. The normalized spacial score (nSPS) is 11.1. The number of benzene rings is 2. The molecule has 0 atom stereocenters. The fourth-order valence-corrected chi connectivity index (χ4v) is 2.63. The van der Waals surface area contributed by atoms with Crippen LogP contribution in [0.25, 0.3) is 0 Å². The molecule has 0 spiro atoms. The molecule has 0 bridgehead atoms. The maximum Gasteiger partial charge on any atom is 0.0685 e. The molecule has 5 heteroatoms. The molecule has 1 aromatic heterocycles. The van der Waals surface area contributed by atoms with Crippen molar-refractivity contribution in [2.45, 2.75) is 20.4 Å². The molecular formula is C19H19ClN4. The van der Waals surface area contributed by atoms with Gasteiger partial charge in [-0.25, -0.2) is 0 Å². The first-order valence-corrected chi connectivity index (χ1v) is 8.14. The number of halogens is 1. The standard InChI is InChI=1S/C19H19ClN4/c1-14-19(12-21-22-18-10-8-17(20)9-11-18)15(2)24(23-14)13-16-6-4-3-5-7-16/h3-12,22H,13H2,1-2H3/b21-12-. The first-order valence-electron chi connectivity index (χ1n) is 7.76. The van der Waals surface area contributed by atoms with E-state index in [2.05, 4.69) is 34.7 Å². The molecule has 0 unspecified atom stereocenters. The molecule has 2 aromatic carbocycles. The molecule has 0 amide bonds. The van der Waals surface area contributed by atoms with Crippen molar-refractivity contribution >= 4 is 23.5 Å². The van der Waals surface area contributed by atoms with E-state index in [1.165, 1.54) is 5.56 Å². The van der Waals surface area contributed by atoms with Gasteiger partial charge < -0.3 is 0 Å². The Morgan fingerprint density at radius 2 is 1.79 bits per heavy atom. The van der Waals surface area contributed by atoms with E-state index >= 15 is 0 Å². The van der Waals surface area contributed by atoms with Crippen molar-refractivity contribution in [3.05, 3.63) is 82.1 Å². The van der Waals surface area contributed by atoms with Crippen molar-refractivity contribution in [1.82, 2.24) is 9.78 Å². The second-order valence-electron chi connectivity index (χ2n) is 5.60. The zero-order valence-electron chi connectivity index (χ0n) is 13.7. The average molecular weight is 339 g/mol. The van der Waals surface area contributed by atoms with Gasteiger partial charge in [0.2, 0.25) is 0 Å². The highest BCUT2D eigenvalue weighted by Gasteiger charge is 2.09. The number of nitrogens with zero attached hydrogens (tertiary/aromatic N) is 3. The van der Waals surface area contributed by atoms with Gasteiger partial charge in [-0.3, -0.25) is 10.1 Å². The van der Waals surface area contributed by atoms with E-state index in [9.17, 15) is 0 Å². The Hall–Kier alpha value is -2.59. The van der Waals surface area contributed by atoms with Crippen molar-refractivity contribution in [1.29, 1.82) is 0 Å². The summed E-state index contributed by atoms with van der Waals surface area (Å²) < 4.78 is 2.01. The van der Waals surface area contributed by atoms with Gasteiger partial charge in [0.25, 0.3) is 0 Å². The maximum absolute atomic E-state index is 5.88. The molecule has 3 aromatic rings. The van der Waals surface area contributed by atoms with Gasteiger partial charge in [-0.05, 0) is 43.7 Å². The molecule has 4 nitrogen and oxygen atoms in total. The fourth-order valence-electron chi connectivity index (χ4n) is 2.50. The summed E-state index contributed by atoms with van der Waals surface area (Å²) >= 11 is 5.88. The van der Waals surface area contributed by atoms with Gasteiger partial charge in [-0.15, -0.1) is 0 Å². The molecule has 0 saturated carbocycles. The first-order chi connectivity index (χ1) is 11.6. The fraction of sp³-hybridized carbons (Fsp3) is 0.158. The highest BCUT2D eigenvalue weighted by molar-refractivity contribution is 6.30. The molecule has 1 N–H and O–H groups in total. The molecule has 0 aliphatic carbocycles. The Morgan fingerprint density at radius 1 is 1.08 bits per heavy atom. The minimum absolute atomic E-state index is 0.707. The monoisotopic (exact) mass is 338 g/mol. The Labute approximate surface area is 146 Å². The highest BCUT2D eigenvalue weighted by atomic mass is 35.5. The first kappa shape index (κ1) is 16.3. The SMILES string of the molecule is Cc1nn(Cc2ccccc2)c(C)c1/C=N\Nc1ccc(Cl)cc1. The summed E-state index contributed by atoms with van der Waals surface area (Å²) in [6.07, 6.45) is 1.81. The number of aryl methyl sites for hydroxylation is 1. The summed E-state index contributed by atoms with van der Waals surface area (Å²) in [6.45, 7) is 4.82. The number of hydrogen-bond donors (Lipinski definition) is 1. The lowest BCUT2D eigenvalue weighted by atomic mass is 10.2. The third-order valence-corrected chi connectivity index (χ3v) is 4.10. The minimum Gasteiger partial charge on any atom is -0.279 e. The van der Waals surface area contributed by atoms with Crippen molar-refractivity contribution < 1.29 is 0 Å². The molecule has 3 rings (SSSR count). The van der Waals surface area contributed by atoms with Gasteiger partial charge in [-0.1, -0.05) is 41.9 Å². The van der Waals surface area contributed by atoms with Crippen LogP contribution in [0, 0.1) is 13.8 Å². The Balaban J connectivity index is 1.74. The summed E-state index contributed by atoms with van der Waals surface area (Å²) in [4.78, 5) is 0. The van der Waals surface area contributed by atoms with Gasteiger partial charge in [0, 0.05) is 16.3 Å². The lowest BCUT2D eigenvalue weighted by molar-refractivity contribution is 0.659. The second kappa shape index (κ2) is 7.32. The lowest BCUT2D eigenvalue weighted by Gasteiger charge is -2.04. The van der Waals surface area contributed by atoms with Crippen molar-refractivity contribution in [3.8, 4) is 0 Å². The molecule has 0 aliphatic rings. The van der Waals surface area contributed by atoms with Crippen LogP contribution in [0.2, 0.25) is 5.02 Å². The van der Waals surface area contributed by atoms with E-state index < -0.39 is 0 Å². The van der Waals surface area contributed by atoms with E-state index in [4.69, 9.17) is 11.6 Å². The summed E-state index contributed by atoms with van der Waals surface area (Å²) in [7, 11) is 0. The minimum atomic E-state index is 0.707. The summed E-state index contributed by atoms with van der Waals surface area (Å²) in [6, 6.07) is 17.7. The van der Waals surface area contributed by atoms with Crippen molar-refractivity contribution in [2.75, 3.05) is 5.43 Å². The van der Waals surface area contributed by atoms with Crippen LogP contribution in [0.5, 0.6) is 0 Å². The highest BCUT2D eigenvalue weighted by Crippen LogP contribution is 2.15. The van der Waals surface area contributed by atoms with Gasteiger partial charge in [0.05, 0.1) is 24.1 Å². The van der Waals surface area contributed by atoms with E-state index in [1.807, 2.05) is 60.3 Å². The van der Waals surface area contributed by atoms with Crippen molar-refractivity contribution in [3.63, 3.8) is 0 Å². The zero-order chi connectivity index (χ0) is 16.9. The number of anilines is 1. The maximum atomic E-state index is 5.88. The Bertz CT molecular complexity index is 836. The van der Waals surface area contributed by atoms with Gasteiger partial charge in [0.15, 0.2) is 0 Å². The van der Waals surface area contributed by atoms with Crippen LogP contribution >= 0.6 is 11.6 Å². The van der Waals surface area contributed by atoms with Crippen LogP contribution in [0.3, 0.4) is 0 Å². The third kappa shape index (κ3) is 3.84. The van der Waals surface area contributed by atoms with Gasteiger partial charge in [0.1, 0.15) is 0 Å². The molecule has 24 heavy (non-hydrogen) atoms. The Morgan fingerprint density at radius 3 is 2.50 bits per heavy atom. The quantitative estimate of drug-likeness (QED) is 0.543. The number of hydrazone groups is 1. The smallest absolute Gasteiger partial charge is 0.0685 e. The topological polar surface area (TPSA) is 42.2 Å². The molecule has 0 saturated heterocycles. The third-order valence-electron chi connectivity index (χ3n) is 3.84. The summed E-state index contributed by atoms with van der Waals surface area (Å²) in [5.74, 6) is 0. The van der Waals surface area contributed by atoms with Crippen LogP contribution in [0.15, 0.2) is 59.7 Å². The van der Waals surface area contributed by atoms with E-state index in [0.717, 1.165) is 29.2 Å². The zero-order valence-corrected chi connectivity index (χ0v) is 14.5. The number of hydrogen-bond acceptors (Lipinski definition) is 3. The number of aromatic nitrogens is 2. The van der Waals surface area contributed by atoms with Crippen LogP contribution < -0.4 is 5.43 Å². The van der Waals surface area contributed by atoms with Gasteiger partial charge >= 0.3 is 0 Å². The van der Waals surface area contributed by atoms with E-state index in [1.54, 1.807) is 0 Å². The average Bonchev–Trinajstić information content (AvgIpc) is 2.85. The molecule has 0 fully saturated rings. The molecule has 0 radical (unpaired) electrons. The van der Waals surface area contributed by atoms with Crippen LogP contribution in [0.1, 0.15) is 22.5 Å².